The molecule has 2 heterocycles. The quantitative estimate of drug-likeness (QED) is 0.133. The van der Waals surface area contributed by atoms with Crippen LogP contribution in [-0.4, -0.2) is 6.71 Å². The fourth-order valence-electron chi connectivity index (χ4n) is 15.4. The zero-order valence-corrected chi connectivity index (χ0v) is 54.1. The van der Waals surface area contributed by atoms with Crippen LogP contribution in [0.4, 0.5) is 51.2 Å². The van der Waals surface area contributed by atoms with E-state index in [0.29, 0.717) is 0 Å². The van der Waals surface area contributed by atoms with Gasteiger partial charge in [-0.3, -0.25) is 0 Å². The van der Waals surface area contributed by atoms with Crippen molar-refractivity contribution in [2.45, 2.75) is 78.6 Å². The van der Waals surface area contributed by atoms with E-state index in [4.69, 9.17) is 0 Å². The van der Waals surface area contributed by atoms with Crippen LogP contribution in [0.25, 0.3) is 66.4 Å². The van der Waals surface area contributed by atoms with Crippen LogP contribution in [0, 0.1) is 6.92 Å². The van der Waals surface area contributed by atoms with Crippen LogP contribution in [0.15, 0.2) is 285 Å². The molecule has 0 aromatic heterocycles. The third-order valence-electron chi connectivity index (χ3n) is 20.1. The fraction of sp³-hybridized carbons (Fsp3) is 0.136. The highest BCUT2D eigenvalue weighted by Crippen LogP contribution is 2.54. The molecule has 92 heavy (non-hydrogen) atoms. The van der Waals surface area contributed by atoms with Gasteiger partial charge in [0, 0.05) is 56.3 Å². The van der Waals surface area contributed by atoms with Gasteiger partial charge in [-0.1, -0.05) is 268 Å². The van der Waals surface area contributed by atoms with Crippen LogP contribution in [0.5, 0.6) is 0 Å². The third kappa shape index (κ3) is 9.32. The molecule has 0 unspecified atom stereocenters. The molecule has 0 fully saturated rings. The Morgan fingerprint density at radius 2 is 0.891 bits per heavy atom. The van der Waals surface area contributed by atoms with Crippen LogP contribution in [0.3, 0.4) is 0 Å². The molecule has 2 aliphatic heterocycles. The summed E-state index contributed by atoms with van der Waals surface area (Å²) in [6.07, 6.45) is 0. The van der Waals surface area contributed by atoms with Crippen molar-refractivity contribution in [1.82, 2.24) is 0 Å². The minimum Gasteiger partial charge on any atom is -0.311 e. The molecule has 0 N–H and O–H groups in total. The van der Waals surface area contributed by atoms with E-state index in [-0.39, 0.29) is 23.0 Å². The second kappa shape index (κ2) is 21.6. The van der Waals surface area contributed by atoms with Gasteiger partial charge in [0.1, 0.15) is 0 Å². The normalized spacial score (nSPS) is 13.5. The van der Waals surface area contributed by atoms with Crippen molar-refractivity contribution >= 4 is 85.1 Å². The van der Waals surface area contributed by atoms with Gasteiger partial charge in [0.25, 0.3) is 6.71 Å². The standard InChI is InChI=1S/C88H74BN3/c1-57-52-62(58-24-13-10-14-25-58)38-49-78(57)90(66-44-40-64(41-45-66)86(2,3)4)68-46-48-76-81(56-68)91(67-42-36-61(37-43-67)70-33-23-34-74-72-31-21-22-35-75(72)88(8,9)84(70)74)82-54-65(87(5,6)7)55-83-85(82)89(76)77-53-63(59-26-15-11-16-27-59)39-50-80(77)92(83)79-51-47-69(60-28-17-12-18-29-60)71-30-19-20-32-73(71)79/h10-56H,1-9H3. The predicted molar refractivity (Wildman–Crippen MR) is 394 cm³/mol. The van der Waals surface area contributed by atoms with E-state index in [9.17, 15) is 0 Å². The molecule has 13 aromatic carbocycles. The van der Waals surface area contributed by atoms with Crippen LogP contribution >= 0.6 is 0 Å². The number of nitrogens with zero attached hydrogens (tertiary/aromatic N) is 3. The summed E-state index contributed by atoms with van der Waals surface area (Å²) in [6, 6.07) is 108. The summed E-state index contributed by atoms with van der Waals surface area (Å²) in [5, 5.41) is 2.43. The van der Waals surface area contributed by atoms with Gasteiger partial charge in [0.15, 0.2) is 0 Å². The first-order chi connectivity index (χ1) is 44.6. The van der Waals surface area contributed by atoms with Crippen LogP contribution < -0.4 is 31.1 Å². The van der Waals surface area contributed by atoms with E-state index in [1.165, 1.54) is 128 Å². The van der Waals surface area contributed by atoms with E-state index < -0.39 is 0 Å². The monoisotopic (exact) mass is 1180 g/mol. The number of anilines is 9. The smallest absolute Gasteiger partial charge is 0.252 e. The Morgan fingerprint density at radius 1 is 0.348 bits per heavy atom. The molecule has 16 rings (SSSR count). The molecule has 0 amide bonds. The zero-order chi connectivity index (χ0) is 62.8. The summed E-state index contributed by atoms with van der Waals surface area (Å²) in [7, 11) is 0. The van der Waals surface area contributed by atoms with Gasteiger partial charge in [0.05, 0.1) is 5.69 Å². The Bertz CT molecular complexity index is 5030. The summed E-state index contributed by atoms with van der Waals surface area (Å²) in [5.41, 5.74) is 32.6. The average Bonchev–Trinajstić information content (AvgIpc) is 0.816. The topological polar surface area (TPSA) is 9.72 Å². The van der Waals surface area contributed by atoms with Gasteiger partial charge < -0.3 is 14.7 Å². The molecule has 0 spiro atoms. The Morgan fingerprint density at radius 3 is 1.57 bits per heavy atom. The van der Waals surface area contributed by atoms with E-state index in [1.54, 1.807) is 0 Å². The first-order valence-electron chi connectivity index (χ1n) is 32.7. The lowest BCUT2D eigenvalue weighted by Crippen LogP contribution is -2.61. The number of hydrogen-bond donors (Lipinski definition) is 0. The summed E-state index contributed by atoms with van der Waals surface area (Å²) in [5.74, 6) is 0. The van der Waals surface area contributed by atoms with Gasteiger partial charge in [-0.25, -0.2) is 0 Å². The number of aryl methyl sites for hydroxylation is 1. The molecule has 0 bridgehead atoms. The van der Waals surface area contributed by atoms with Crippen molar-refractivity contribution in [2.75, 3.05) is 14.7 Å². The summed E-state index contributed by atoms with van der Waals surface area (Å²) < 4.78 is 0. The Balaban J connectivity index is 0.967. The minimum atomic E-state index is -0.224. The lowest BCUT2D eigenvalue weighted by Gasteiger charge is -2.45. The van der Waals surface area contributed by atoms with Gasteiger partial charge in [-0.2, -0.15) is 0 Å². The highest BCUT2D eigenvalue weighted by atomic mass is 15.2. The Labute approximate surface area is 543 Å². The van der Waals surface area contributed by atoms with Crippen molar-refractivity contribution in [3.05, 3.63) is 313 Å². The van der Waals surface area contributed by atoms with Gasteiger partial charge in [0.2, 0.25) is 0 Å². The maximum absolute atomic E-state index is 2.62. The Kier molecular flexibility index (Phi) is 13.4. The number of fused-ring (bicyclic) bond motifs is 8. The molecule has 13 aromatic rings. The molecule has 0 saturated carbocycles. The second-order valence-corrected chi connectivity index (χ2v) is 28.2. The molecule has 3 aliphatic rings. The highest BCUT2D eigenvalue weighted by molar-refractivity contribution is 7.00. The van der Waals surface area contributed by atoms with Gasteiger partial charge in [-0.15, -0.1) is 0 Å². The molecular weight excluding hydrogens is 1110 g/mol. The molecule has 3 nitrogen and oxygen atoms in total. The summed E-state index contributed by atoms with van der Waals surface area (Å²) in [6.45, 7) is 20.9. The SMILES string of the molecule is Cc1cc(-c2ccccc2)ccc1N(c1ccc(C(C)(C)C)cc1)c1ccc2c(c1)N(c1ccc(-c3cccc4c3C(C)(C)c3ccccc3-4)cc1)c1cc(C(C)(C)C)cc3c1B2c1cc(-c2ccccc2)ccc1N3c1ccc(-c2ccccc2)c2ccccc12. The van der Waals surface area contributed by atoms with Crippen molar-refractivity contribution in [3.8, 4) is 55.6 Å². The van der Waals surface area contributed by atoms with Crippen LogP contribution in [0.1, 0.15) is 83.2 Å². The molecular formula is C88H74BN3. The average molecular weight is 1180 g/mol. The molecule has 0 saturated heterocycles. The third-order valence-corrected chi connectivity index (χ3v) is 20.1. The number of benzene rings is 13. The summed E-state index contributed by atoms with van der Waals surface area (Å²) >= 11 is 0. The summed E-state index contributed by atoms with van der Waals surface area (Å²) in [4.78, 5) is 7.73. The van der Waals surface area contributed by atoms with E-state index in [2.05, 4.69) is 362 Å². The maximum atomic E-state index is 2.62. The number of rotatable bonds is 9. The molecule has 444 valence electrons. The molecule has 4 heteroatoms. The van der Waals surface area contributed by atoms with E-state index >= 15 is 0 Å². The molecule has 0 radical (unpaired) electrons. The lowest BCUT2D eigenvalue weighted by molar-refractivity contribution is 0.590. The fourth-order valence-corrected chi connectivity index (χ4v) is 15.4. The van der Waals surface area contributed by atoms with E-state index in [1.807, 2.05) is 0 Å². The second-order valence-electron chi connectivity index (χ2n) is 28.2. The zero-order valence-electron chi connectivity index (χ0n) is 54.1. The van der Waals surface area contributed by atoms with Crippen LogP contribution in [0.2, 0.25) is 0 Å². The predicted octanol–water partition coefficient (Wildman–Crippen LogP) is 22.3. The molecule has 0 atom stereocenters. The largest absolute Gasteiger partial charge is 0.311 e. The maximum Gasteiger partial charge on any atom is 0.252 e. The highest BCUT2D eigenvalue weighted by Gasteiger charge is 2.45. The Hall–Kier alpha value is -10.4. The van der Waals surface area contributed by atoms with E-state index in [0.717, 1.165) is 34.1 Å². The van der Waals surface area contributed by atoms with Gasteiger partial charge >= 0.3 is 0 Å². The van der Waals surface area contributed by atoms with Crippen molar-refractivity contribution < 1.29 is 0 Å². The minimum absolute atomic E-state index is 0.0106. The van der Waals surface area contributed by atoms with Crippen molar-refractivity contribution in [2.24, 2.45) is 0 Å². The lowest BCUT2D eigenvalue weighted by atomic mass is 9.33. The molecule has 1 aliphatic carbocycles. The van der Waals surface area contributed by atoms with Crippen molar-refractivity contribution in [1.29, 1.82) is 0 Å². The first-order valence-corrected chi connectivity index (χ1v) is 32.7. The number of hydrogen-bond acceptors (Lipinski definition) is 3. The van der Waals surface area contributed by atoms with Gasteiger partial charge in [-0.05, 0) is 196 Å². The van der Waals surface area contributed by atoms with Crippen LogP contribution in [-0.2, 0) is 16.2 Å². The van der Waals surface area contributed by atoms with Crippen molar-refractivity contribution in [3.63, 3.8) is 0 Å². The first kappa shape index (κ1) is 56.8.